The normalized spacial score (nSPS) is 18.3. The molecule has 1 aliphatic rings. The molecule has 1 saturated heterocycles. The first-order chi connectivity index (χ1) is 13.6. The summed E-state index contributed by atoms with van der Waals surface area (Å²) in [4.78, 5) is 61.6. The van der Waals surface area contributed by atoms with E-state index in [-0.39, 0.29) is 30.8 Å². The van der Waals surface area contributed by atoms with E-state index < -0.39 is 35.8 Å². The maximum atomic E-state index is 12.8. The lowest BCUT2D eigenvalue weighted by Crippen LogP contribution is -2.56. The maximum absolute atomic E-state index is 12.8. The van der Waals surface area contributed by atoms with Gasteiger partial charge in [-0.25, -0.2) is 0 Å². The van der Waals surface area contributed by atoms with E-state index in [1.54, 1.807) is 27.7 Å². The second kappa shape index (κ2) is 11.5. The second-order valence-corrected chi connectivity index (χ2v) is 7.88. The molecule has 1 rings (SSSR count). The SMILES string of the molecule is CC(C)[C@H](NC(=O)CN)C(=O)NCC(=O)N[C@H](C(=O)N1CCC[C@H]1C=O)C(C)C. The Morgan fingerprint density at radius 3 is 2.14 bits per heavy atom. The van der Waals surface area contributed by atoms with E-state index in [1.807, 2.05) is 0 Å². The Hall–Kier alpha value is -2.49. The predicted molar refractivity (Wildman–Crippen MR) is 106 cm³/mol. The first-order valence-electron chi connectivity index (χ1n) is 9.94. The molecule has 4 amide bonds. The molecule has 1 fully saturated rings. The van der Waals surface area contributed by atoms with Gasteiger partial charge in [0.15, 0.2) is 0 Å². The first-order valence-corrected chi connectivity index (χ1v) is 9.94. The molecule has 0 unspecified atom stereocenters. The number of nitrogens with zero attached hydrogens (tertiary/aromatic N) is 1. The number of nitrogens with two attached hydrogens (primary N) is 1. The number of likely N-dealkylation sites (tertiary alicyclic amines) is 1. The molecule has 3 atom stereocenters. The lowest BCUT2D eigenvalue weighted by Gasteiger charge is -2.29. The number of amides is 4. The fourth-order valence-corrected chi connectivity index (χ4v) is 3.17. The highest BCUT2D eigenvalue weighted by Crippen LogP contribution is 2.18. The van der Waals surface area contributed by atoms with Gasteiger partial charge in [0.1, 0.15) is 18.4 Å². The zero-order valence-electron chi connectivity index (χ0n) is 17.6. The van der Waals surface area contributed by atoms with E-state index >= 15 is 0 Å². The van der Waals surface area contributed by atoms with Gasteiger partial charge in [-0.3, -0.25) is 19.2 Å². The van der Waals surface area contributed by atoms with Gasteiger partial charge in [0.25, 0.3) is 0 Å². The summed E-state index contributed by atoms with van der Waals surface area (Å²) in [7, 11) is 0. The van der Waals surface area contributed by atoms with Crippen molar-refractivity contribution in [2.45, 2.75) is 58.7 Å². The Morgan fingerprint density at radius 2 is 1.62 bits per heavy atom. The van der Waals surface area contributed by atoms with Crippen LogP contribution in [0.25, 0.3) is 0 Å². The Kier molecular flexibility index (Phi) is 9.73. The molecule has 0 bridgehead atoms. The molecule has 0 saturated carbocycles. The minimum atomic E-state index is -0.820. The van der Waals surface area contributed by atoms with Gasteiger partial charge in [-0.15, -0.1) is 0 Å². The molecule has 10 heteroatoms. The van der Waals surface area contributed by atoms with Crippen molar-refractivity contribution in [1.82, 2.24) is 20.9 Å². The molecule has 0 spiro atoms. The summed E-state index contributed by atoms with van der Waals surface area (Å²) in [6.07, 6.45) is 2.12. The zero-order valence-corrected chi connectivity index (χ0v) is 17.6. The molecule has 1 heterocycles. The van der Waals surface area contributed by atoms with Crippen LogP contribution in [0.2, 0.25) is 0 Å². The third-order valence-corrected chi connectivity index (χ3v) is 4.86. The van der Waals surface area contributed by atoms with Crippen molar-refractivity contribution >= 4 is 29.9 Å². The first kappa shape index (κ1) is 24.5. The van der Waals surface area contributed by atoms with Gasteiger partial charge in [-0.1, -0.05) is 27.7 Å². The van der Waals surface area contributed by atoms with Crippen molar-refractivity contribution in [3.63, 3.8) is 0 Å². The van der Waals surface area contributed by atoms with Crippen LogP contribution in [-0.2, 0) is 24.0 Å². The molecule has 164 valence electrons. The van der Waals surface area contributed by atoms with Gasteiger partial charge in [-0.2, -0.15) is 0 Å². The Balaban J connectivity index is 2.67. The van der Waals surface area contributed by atoms with E-state index in [4.69, 9.17) is 5.73 Å². The number of aldehydes is 1. The van der Waals surface area contributed by atoms with Crippen LogP contribution in [0, 0.1) is 11.8 Å². The van der Waals surface area contributed by atoms with Crippen molar-refractivity contribution in [3.8, 4) is 0 Å². The fraction of sp³-hybridized carbons (Fsp3) is 0.737. The smallest absolute Gasteiger partial charge is 0.246 e. The molecule has 0 aliphatic carbocycles. The van der Waals surface area contributed by atoms with Gasteiger partial charge in [0, 0.05) is 6.54 Å². The van der Waals surface area contributed by atoms with Gasteiger partial charge in [-0.05, 0) is 24.7 Å². The van der Waals surface area contributed by atoms with Gasteiger partial charge >= 0.3 is 0 Å². The summed E-state index contributed by atoms with van der Waals surface area (Å²) in [6, 6.07) is -2.07. The van der Waals surface area contributed by atoms with Gasteiger partial charge in [0.05, 0.1) is 19.1 Å². The fourth-order valence-electron chi connectivity index (χ4n) is 3.17. The third-order valence-electron chi connectivity index (χ3n) is 4.86. The predicted octanol–water partition coefficient (Wildman–Crippen LogP) is -1.47. The Morgan fingerprint density at radius 1 is 1.03 bits per heavy atom. The van der Waals surface area contributed by atoms with Crippen LogP contribution in [0.4, 0.5) is 0 Å². The van der Waals surface area contributed by atoms with Crippen LogP contribution in [0.5, 0.6) is 0 Å². The number of carbonyl (C=O) groups is 5. The minimum Gasteiger partial charge on any atom is -0.345 e. The Labute approximate surface area is 171 Å². The largest absolute Gasteiger partial charge is 0.345 e. The standard InChI is InChI=1S/C19H33N5O5/c1-11(2)16(22-14(26)8-20)18(28)21-9-15(27)23-17(12(3)4)19(29)24-7-5-6-13(24)10-25/h10-13,16-17H,5-9,20H2,1-4H3,(H,21,28)(H,22,26)(H,23,27)/t13-,16-,17-/m0/s1. The summed E-state index contributed by atoms with van der Waals surface area (Å²) in [5, 5.41) is 7.64. The molecular formula is C19H33N5O5. The van der Waals surface area contributed by atoms with E-state index in [0.717, 1.165) is 12.7 Å². The van der Waals surface area contributed by atoms with Gasteiger partial charge < -0.3 is 31.4 Å². The summed E-state index contributed by atoms with van der Waals surface area (Å²) in [6.45, 7) is 7.01. The molecule has 0 aromatic carbocycles. The summed E-state index contributed by atoms with van der Waals surface area (Å²) >= 11 is 0. The van der Waals surface area contributed by atoms with Crippen molar-refractivity contribution in [2.75, 3.05) is 19.6 Å². The lowest BCUT2D eigenvalue weighted by molar-refractivity contribution is -0.140. The van der Waals surface area contributed by atoms with E-state index in [2.05, 4.69) is 16.0 Å². The highest BCUT2D eigenvalue weighted by Gasteiger charge is 2.35. The van der Waals surface area contributed by atoms with Crippen LogP contribution in [0.3, 0.4) is 0 Å². The molecule has 29 heavy (non-hydrogen) atoms. The molecule has 10 nitrogen and oxygen atoms in total. The van der Waals surface area contributed by atoms with Crippen LogP contribution >= 0.6 is 0 Å². The maximum Gasteiger partial charge on any atom is 0.246 e. The molecular weight excluding hydrogens is 378 g/mol. The number of rotatable bonds is 10. The van der Waals surface area contributed by atoms with Crippen LogP contribution in [-0.4, -0.2) is 72.6 Å². The number of hydrogen-bond donors (Lipinski definition) is 4. The van der Waals surface area contributed by atoms with Crippen LogP contribution in [0.1, 0.15) is 40.5 Å². The van der Waals surface area contributed by atoms with Gasteiger partial charge in [0.2, 0.25) is 23.6 Å². The average molecular weight is 412 g/mol. The molecule has 1 aliphatic heterocycles. The summed E-state index contributed by atoms with van der Waals surface area (Å²) in [5.74, 6) is -2.20. The Bertz CT molecular complexity index is 622. The van der Waals surface area contributed by atoms with E-state index in [9.17, 15) is 24.0 Å². The molecule has 0 aromatic rings. The molecule has 5 N–H and O–H groups in total. The monoisotopic (exact) mass is 411 g/mol. The summed E-state index contributed by atoms with van der Waals surface area (Å²) < 4.78 is 0. The van der Waals surface area contributed by atoms with Crippen LogP contribution in [0.15, 0.2) is 0 Å². The van der Waals surface area contributed by atoms with Crippen molar-refractivity contribution in [2.24, 2.45) is 17.6 Å². The number of hydrogen-bond acceptors (Lipinski definition) is 6. The molecule has 0 aromatic heterocycles. The van der Waals surface area contributed by atoms with Crippen LogP contribution < -0.4 is 21.7 Å². The summed E-state index contributed by atoms with van der Waals surface area (Å²) in [5.41, 5.74) is 5.26. The zero-order chi connectivity index (χ0) is 22.1. The van der Waals surface area contributed by atoms with Crippen molar-refractivity contribution in [1.29, 1.82) is 0 Å². The second-order valence-electron chi connectivity index (χ2n) is 7.88. The lowest BCUT2D eigenvalue weighted by atomic mass is 10.0. The minimum absolute atomic E-state index is 0.192. The van der Waals surface area contributed by atoms with Crippen molar-refractivity contribution in [3.05, 3.63) is 0 Å². The quantitative estimate of drug-likeness (QED) is 0.322. The number of nitrogens with one attached hydrogen (secondary N) is 3. The number of carbonyl (C=O) groups excluding carboxylic acids is 5. The average Bonchev–Trinajstić information content (AvgIpc) is 3.15. The topological polar surface area (TPSA) is 151 Å². The highest BCUT2D eigenvalue weighted by atomic mass is 16.2. The van der Waals surface area contributed by atoms with Crippen molar-refractivity contribution < 1.29 is 24.0 Å². The van der Waals surface area contributed by atoms with E-state index in [0.29, 0.717) is 13.0 Å². The molecule has 0 radical (unpaired) electrons. The highest BCUT2D eigenvalue weighted by molar-refractivity contribution is 5.93. The third kappa shape index (κ3) is 7.12. The van der Waals surface area contributed by atoms with E-state index in [1.165, 1.54) is 4.90 Å².